The van der Waals surface area contributed by atoms with E-state index in [0.717, 1.165) is 22.7 Å². The molecule has 1 heterocycles. The zero-order valence-electron chi connectivity index (χ0n) is 16.1. The summed E-state index contributed by atoms with van der Waals surface area (Å²) in [4.78, 5) is 11.5. The molecular formula is C23H25NO4. The smallest absolute Gasteiger partial charge is 0.335 e. The Morgan fingerprint density at radius 1 is 1.07 bits per heavy atom. The van der Waals surface area contributed by atoms with Gasteiger partial charge >= 0.3 is 5.97 Å². The van der Waals surface area contributed by atoms with Gasteiger partial charge in [0.2, 0.25) is 0 Å². The van der Waals surface area contributed by atoms with E-state index in [4.69, 9.17) is 9.47 Å². The van der Waals surface area contributed by atoms with Crippen molar-refractivity contribution in [2.75, 3.05) is 19.5 Å². The lowest BCUT2D eigenvalue weighted by molar-refractivity contribution is 0.0696. The van der Waals surface area contributed by atoms with E-state index in [1.165, 1.54) is 24.8 Å². The molecular weight excluding hydrogens is 354 g/mol. The van der Waals surface area contributed by atoms with Gasteiger partial charge < -0.3 is 19.9 Å². The molecule has 5 heteroatoms. The molecule has 5 nitrogen and oxygen atoms in total. The molecule has 146 valence electrons. The van der Waals surface area contributed by atoms with Crippen molar-refractivity contribution in [2.45, 2.75) is 31.2 Å². The molecule has 2 aromatic rings. The first-order valence-electron chi connectivity index (χ1n) is 9.97. The third kappa shape index (κ3) is 2.42. The fraction of sp³-hybridized carbons (Fsp3) is 0.435. The highest BCUT2D eigenvalue weighted by atomic mass is 16.5. The van der Waals surface area contributed by atoms with Crippen LogP contribution in [0, 0.1) is 17.8 Å². The highest BCUT2D eigenvalue weighted by Crippen LogP contribution is 2.64. The maximum atomic E-state index is 11.5. The maximum absolute atomic E-state index is 11.5. The van der Waals surface area contributed by atoms with Gasteiger partial charge in [0.1, 0.15) is 0 Å². The molecule has 0 saturated heterocycles. The number of aromatic carboxylic acids is 1. The molecule has 2 aliphatic carbocycles. The highest BCUT2D eigenvalue weighted by Gasteiger charge is 2.54. The van der Waals surface area contributed by atoms with Crippen molar-refractivity contribution < 1.29 is 19.4 Å². The molecule has 0 amide bonds. The summed E-state index contributed by atoms with van der Waals surface area (Å²) in [5, 5.41) is 13.2. The van der Waals surface area contributed by atoms with Crippen LogP contribution in [0.5, 0.6) is 11.5 Å². The van der Waals surface area contributed by atoms with Crippen LogP contribution < -0.4 is 14.8 Å². The Morgan fingerprint density at radius 2 is 1.89 bits per heavy atom. The van der Waals surface area contributed by atoms with Gasteiger partial charge in [0.05, 0.1) is 25.8 Å². The second-order valence-corrected chi connectivity index (χ2v) is 8.25. The predicted molar refractivity (Wildman–Crippen MR) is 106 cm³/mol. The summed E-state index contributed by atoms with van der Waals surface area (Å²) in [5.74, 6) is 2.80. The lowest BCUT2D eigenvalue weighted by Crippen LogP contribution is -2.35. The number of carboxylic acids is 1. The fourth-order valence-corrected chi connectivity index (χ4v) is 6.09. The minimum atomic E-state index is -0.862. The van der Waals surface area contributed by atoms with Gasteiger partial charge in [-0.3, -0.25) is 0 Å². The molecule has 1 aliphatic heterocycles. The Bertz CT molecular complexity index is 940. The first-order valence-corrected chi connectivity index (χ1v) is 9.97. The van der Waals surface area contributed by atoms with Gasteiger partial charge in [0.25, 0.3) is 0 Å². The molecule has 0 aromatic heterocycles. The molecule has 0 unspecified atom stereocenters. The van der Waals surface area contributed by atoms with E-state index >= 15 is 0 Å². The summed E-state index contributed by atoms with van der Waals surface area (Å²) in [7, 11) is 3.36. The molecule has 5 atom stereocenters. The van der Waals surface area contributed by atoms with E-state index < -0.39 is 5.97 Å². The van der Waals surface area contributed by atoms with Crippen LogP contribution in [-0.2, 0) is 0 Å². The zero-order valence-corrected chi connectivity index (χ0v) is 16.1. The number of anilines is 1. The highest BCUT2D eigenvalue weighted by molar-refractivity contribution is 5.89. The number of carboxylic acid groups (broad SMARTS) is 1. The summed E-state index contributed by atoms with van der Waals surface area (Å²) < 4.78 is 11.3. The van der Waals surface area contributed by atoms with Gasteiger partial charge in [0.15, 0.2) is 11.5 Å². The number of hydrogen-bond donors (Lipinski definition) is 2. The molecule has 2 aromatic carbocycles. The molecule has 2 bridgehead atoms. The first-order chi connectivity index (χ1) is 13.6. The number of benzene rings is 2. The number of hydrogen-bond acceptors (Lipinski definition) is 4. The van der Waals surface area contributed by atoms with Crippen molar-refractivity contribution in [2.24, 2.45) is 17.8 Å². The Balaban J connectivity index is 1.65. The lowest BCUT2D eigenvalue weighted by atomic mass is 9.67. The third-order valence-electron chi connectivity index (χ3n) is 7.10. The van der Waals surface area contributed by atoms with Gasteiger partial charge in [-0.2, -0.15) is 0 Å². The van der Waals surface area contributed by atoms with Gasteiger partial charge in [-0.1, -0.05) is 12.1 Å². The normalized spacial score (nSPS) is 29.6. The second kappa shape index (κ2) is 6.43. The van der Waals surface area contributed by atoms with Gasteiger partial charge in [0, 0.05) is 11.3 Å². The Labute approximate surface area is 164 Å². The molecule has 5 rings (SSSR count). The second-order valence-electron chi connectivity index (χ2n) is 8.25. The van der Waals surface area contributed by atoms with E-state index in [1.807, 2.05) is 24.3 Å². The van der Waals surface area contributed by atoms with Gasteiger partial charge in [-0.25, -0.2) is 4.79 Å². The van der Waals surface area contributed by atoms with Crippen LogP contribution in [0.2, 0.25) is 0 Å². The number of carbonyl (C=O) groups is 1. The number of rotatable bonds is 4. The molecule has 2 fully saturated rings. The van der Waals surface area contributed by atoms with E-state index in [-0.39, 0.29) is 6.04 Å². The molecule has 0 radical (unpaired) electrons. The lowest BCUT2D eigenvalue weighted by Gasteiger charge is -2.44. The molecule has 0 spiro atoms. The summed E-state index contributed by atoms with van der Waals surface area (Å²) in [6.07, 6.45) is 3.73. The van der Waals surface area contributed by atoms with Gasteiger partial charge in [-0.15, -0.1) is 0 Å². The summed E-state index contributed by atoms with van der Waals surface area (Å²) >= 11 is 0. The van der Waals surface area contributed by atoms with Crippen LogP contribution in [0.1, 0.15) is 52.7 Å². The Kier molecular flexibility index (Phi) is 4.00. The van der Waals surface area contributed by atoms with Crippen molar-refractivity contribution >= 4 is 11.7 Å². The molecule has 2 N–H and O–H groups in total. The molecule has 3 aliphatic rings. The van der Waals surface area contributed by atoms with Crippen molar-refractivity contribution in [3.05, 3.63) is 53.1 Å². The molecule has 2 saturated carbocycles. The van der Waals surface area contributed by atoms with Crippen LogP contribution in [0.3, 0.4) is 0 Å². The van der Waals surface area contributed by atoms with Gasteiger partial charge in [-0.05, 0) is 72.8 Å². The number of nitrogens with one attached hydrogen (secondary N) is 1. The predicted octanol–water partition coefficient (Wildman–Crippen LogP) is 4.70. The van der Waals surface area contributed by atoms with Crippen LogP contribution in [0.4, 0.5) is 5.69 Å². The first kappa shape index (κ1) is 17.4. The zero-order chi connectivity index (χ0) is 19.4. The van der Waals surface area contributed by atoms with Crippen molar-refractivity contribution in [1.82, 2.24) is 0 Å². The number of para-hydroxylation sites is 1. The van der Waals surface area contributed by atoms with E-state index in [9.17, 15) is 9.90 Å². The summed E-state index contributed by atoms with van der Waals surface area (Å²) in [6.45, 7) is 0. The largest absolute Gasteiger partial charge is 0.493 e. The van der Waals surface area contributed by atoms with Crippen molar-refractivity contribution in [3.8, 4) is 11.5 Å². The number of methoxy groups -OCH3 is 2. The van der Waals surface area contributed by atoms with E-state index in [0.29, 0.717) is 29.2 Å². The quantitative estimate of drug-likeness (QED) is 0.806. The van der Waals surface area contributed by atoms with Crippen molar-refractivity contribution in [1.29, 1.82) is 0 Å². The Hall–Kier alpha value is -2.69. The van der Waals surface area contributed by atoms with Crippen LogP contribution in [0.15, 0.2) is 36.4 Å². The van der Waals surface area contributed by atoms with Crippen LogP contribution in [-0.4, -0.2) is 25.3 Å². The molecule has 28 heavy (non-hydrogen) atoms. The average Bonchev–Trinajstić information content (AvgIpc) is 3.34. The summed E-state index contributed by atoms with van der Waals surface area (Å²) in [5.41, 5.74) is 3.72. The third-order valence-corrected chi connectivity index (χ3v) is 7.10. The van der Waals surface area contributed by atoms with E-state index in [2.05, 4.69) is 11.4 Å². The monoisotopic (exact) mass is 379 g/mol. The average molecular weight is 379 g/mol. The topological polar surface area (TPSA) is 67.8 Å². The van der Waals surface area contributed by atoms with E-state index in [1.54, 1.807) is 20.3 Å². The maximum Gasteiger partial charge on any atom is 0.335 e. The minimum Gasteiger partial charge on any atom is -0.493 e. The SMILES string of the molecule is COc1cccc([C@H]2Nc3ccc(C(=O)O)cc3[C@@H]3[C@@H]4CC[C@@H](C4)[C@@H]32)c1OC. The van der Waals surface area contributed by atoms with Crippen LogP contribution >= 0.6 is 0 Å². The Morgan fingerprint density at radius 3 is 2.64 bits per heavy atom. The minimum absolute atomic E-state index is 0.133. The van der Waals surface area contributed by atoms with Crippen LogP contribution in [0.25, 0.3) is 0 Å². The van der Waals surface area contributed by atoms with Crippen molar-refractivity contribution in [3.63, 3.8) is 0 Å². The number of ether oxygens (including phenoxy) is 2. The standard InChI is InChI=1S/C23H25NO4/c1-27-18-5-3-4-15(22(18)28-2)21-20-13-7-6-12(10-13)19(20)16-11-14(23(25)26)8-9-17(16)24-21/h3-5,8-9,11-13,19-21,24H,6-7,10H2,1-2H3,(H,25,26)/t12-,13+,19+,20+,21-/m1/s1. The summed E-state index contributed by atoms with van der Waals surface area (Å²) in [6, 6.07) is 11.7. The number of fused-ring (bicyclic) bond motifs is 7. The fourth-order valence-electron chi connectivity index (χ4n) is 6.09.